The quantitative estimate of drug-likeness (QED) is 0.750. The van der Waals surface area contributed by atoms with E-state index in [1.165, 1.54) is 6.26 Å². The van der Waals surface area contributed by atoms with Gasteiger partial charge in [-0.25, -0.2) is 8.42 Å². The number of piperidine rings is 1. The number of hydrogen-bond donors (Lipinski definition) is 1. The van der Waals surface area contributed by atoms with Gasteiger partial charge in [-0.1, -0.05) is 0 Å². The van der Waals surface area contributed by atoms with Crippen LogP contribution in [0.25, 0.3) is 0 Å². The van der Waals surface area contributed by atoms with Crippen LogP contribution < -0.4 is 5.32 Å². The fourth-order valence-electron chi connectivity index (χ4n) is 1.92. The maximum atomic E-state index is 10.9. The summed E-state index contributed by atoms with van der Waals surface area (Å²) < 4.78 is 21.9. The predicted molar refractivity (Wildman–Crippen MR) is 62.8 cm³/mol. The van der Waals surface area contributed by atoms with E-state index >= 15 is 0 Å². The molecule has 1 heterocycles. The van der Waals surface area contributed by atoms with Crippen molar-refractivity contribution in [1.29, 1.82) is 0 Å². The number of nitrogens with one attached hydrogen (secondary N) is 1. The number of nitrogens with zero attached hydrogens (tertiary/aromatic N) is 1. The highest BCUT2D eigenvalue weighted by atomic mass is 32.2. The van der Waals surface area contributed by atoms with Crippen molar-refractivity contribution >= 4 is 9.84 Å². The molecule has 0 bridgehead atoms. The van der Waals surface area contributed by atoms with Crippen molar-refractivity contribution < 1.29 is 8.42 Å². The topological polar surface area (TPSA) is 49.4 Å². The molecule has 1 aliphatic heterocycles. The Bertz CT molecular complexity index is 290. The lowest BCUT2D eigenvalue weighted by molar-refractivity contribution is 0.170. The Morgan fingerprint density at radius 2 is 2.13 bits per heavy atom. The van der Waals surface area contributed by atoms with Gasteiger partial charge in [-0.2, -0.15) is 0 Å². The first-order valence-electron chi connectivity index (χ1n) is 5.50. The zero-order chi connectivity index (χ0) is 11.5. The van der Waals surface area contributed by atoms with Crippen LogP contribution in [0.4, 0.5) is 0 Å². The van der Waals surface area contributed by atoms with Gasteiger partial charge in [0.1, 0.15) is 9.84 Å². The van der Waals surface area contributed by atoms with E-state index in [9.17, 15) is 8.42 Å². The highest BCUT2D eigenvalue weighted by Gasteiger charge is 2.22. The molecule has 0 saturated carbocycles. The van der Waals surface area contributed by atoms with Crippen molar-refractivity contribution in [3.63, 3.8) is 0 Å². The Hall–Kier alpha value is -0.130. The molecule has 1 saturated heterocycles. The number of likely N-dealkylation sites (tertiary alicyclic amines) is 1. The molecule has 2 atom stereocenters. The van der Waals surface area contributed by atoms with Gasteiger partial charge in [-0.15, -0.1) is 0 Å². The highest BCUT2D eigenvalue weighted by Crippen LogP contribution is 2.14. The van der Waals surface area contributed by atoms with Gasteiger partial charge in [-0.05, 0) is 33.4 Å². The molecule has 0 aromatic carbocycles. The standard InChI is InChI=1S/C10H22N2O2S/c1-9-8-10(4-6-12(9)2)11-5-7-15(3,13)14/h9-11H,4-8H2,1-3H3. The van der Waals surface area contributed by atoms with Gasteiger partial charge in [0.2, 0.25) is 0 Å². The summed E-state index contributed by atoms with van der Waals surface area (Å²) in [5.41, 5.74) is 0. The third-order valence-electron chi connectivity index (χ3n) is 3.11. The third kappa shape index (κ3) is 4.95. The fourth-order valence-corrected chi connectivity index (χ4v) is 2.41. The molecule has 0 spiro atoms. The summed E-state index contributed by atoms with van der Waals surface area (Å²) in [6.45, 7) is 3.89. The molecule has 4 nitrogen and oxygen atoms in total. The summed E-state index contributed by atoms with van der Waals surface area (Å²) in [5, 5.41) is 3.32. The Labute approximate surface area is 93.0 Å². The summed E-state index contributed by atoms with van der Waals surface area (Å²) in [6, 6.07) is 1.08. The minimum atomic E-state index is -2.82. The third-order valence-corrected chi connectivity index (χ3v) is 4.06. The second-order valence-electron chi connectivity index (χ2n) is 4.63. The van der Waals surface area contributed by atoms with Crippen LogP contribution in [0, 0.1) is 0 Å². The van der Waals surface area contributed by atoms with E-state index < -0.39 is 9.84 Å². The van der Waals surface area contributed by atoms with E-state index in [2.05, 4.69) is 24.2 Å². The van der Waals surface area contributed by atoms with Crippen LogP contribution in [-0.2, 0) is 9.84 Å². The van der Waals surface area contributed by atoms with Crippen LogP contribution >= 0.6 is 0 Å². The van der Waals surface area contributed by atoms with Gasteiger partial charge in [0, 0.05) is 24.9 Å². The maximum Gasteiger partial charge on any atom is 0.148 e. The van der Waals surface area contributed by atoms with Gasteiger partial charge in [0.05, 0.1) is 5.75 Å². The Morgan fingerprint density at radius 1 is 1.47 bits per heavy atom. The summed E-state index contributed by atoms with van der Waals surface area (Å²) in [5.74, 6) is 0.244. The molecule has 1 fully saturated rings. The number of sulfone groups is 1. The van der Waals surface area contributed by atoms with Gasteiger partial charge >= 0.3 is 0 Å². The summed E-state index contributed by atoms with van der Waals surface area (Å²) in [7, 11) is -0.686. The Morgan fingerprint density at radius 3 is 2.67 bits per heavy atom. The van der Waals surface area contributed by atoms with Crippen molar-refractivity contribution in [1.82, 2.24) is 10.2 Å². The first kappa shape index (κ1) is 12.9. The molecule has 0 aliphatic carbocycles. The molecule has 15 heavy (non-hydrogen) atoms. The van der Waals surface area contributed by atoms with Crippen molar-refractivity contribution in [2.24, 2.45) is 0 Å². The van der Waals surface area contributed by atoms with E-state index in [1.54, 1.807) is 0 Å². The minimum absolute atomic E-state index is 0.244. The van der Waals surface area contributed by atoms with Gasteiger partial charge in [0.25, 0.3) is 0 Å². The van der Waals surface area contributed by atoms with E-state index in [0.29, 0.717) is 18.6 Å². The molecule has 5 heteroatoms. The van der Waals surface area contributed by atoms with Gasteiger partial charge in [0.15, 0.2) is 0 Å². The molecule has 0 amide bonds. The van der Waals surface area contributed by atoms with Crippen molar-refractivity contribution in [2.75, 3.05) is 32.1 Å². The molecular weight excluding hydrogens is 212 g/mol. The summed E-state index contributed by atoms with van der Waals surface area (Å²) in [4.78, 5) is 2.34. The zero-order valence-corrected chi connectivity index (χ0v) is 10.7. The number of rotatable bonds is 4. The Kier molecular flexibility index (Phi) is 4.55. The van der Waals surface area contributed by atoms with Crippen molar-refractivity contribution in [3.05, 3.63) is 0 Å². The normalized spacial score (nSPS) is 29.3. The molecule has 1 rings (SSSR count). The van der Waals surface area contributed by atoms with Crippen LogP contribution in [0.1, 0.15) is 19.8 Å². The SMILES string of the molecule is CC1CC(NCCS(C)(=O)=O)CCN1C. The lowest BCUT2D eigenvalue weighted by Crippen LogP contribution is -2.46. The van der Waals surface area contributed by atoms with E-state index in [-0.39, 0.29) is 5.75 Å². The summed E-state index contributed by atoms with van der Waals surface area (Å²) >= 11 is 0. The van der Waals surface area contributed by atoms with E-state index in [4.69, 9.17) is 0 Å². The molecule has 0 radical (unpaired) electrons. The second-order valence-corrected chi connectivity index (χ2v) is 6.89. The minimum Gasteiger partial charge on any atom is -0.313 e. The van der Waals surface area contributed by atoms with Crippen LogP contribution in [0.3, 0.4) is 0 Å². The molecule has 0 aromatic rings. The first-order chi connectivity index (χ1) is 6.88. The molecular formula is C10H22N2O2S. The van der Waals surface area contributed by atoms with Crippen LogP contribution in [0.5, 0.6) is 0 Å². The lowest BCUT2D eigenvalue weighted by atomic mass is 9.99. The lowest BCUT2D eigenvalue weighted by Gasteiger charge is -2.35. The molecule has 90 valence electrons. The summed E-state index contributed by atoms with van der Waals surface area (Å²) in [6.07, 6.45) is 3.51. The van der Waals surface area contributed by atoms with Crippen LogP contribution in [-0.4, -0.2) is 57.5 Å². The Balaban J connectivity index is 2.23. The van der Waals surface area contributed by atoms with Crippen LogP contribution in [0.2, 0.25) is 0 Å². The van der Waals surface area contributed by atoms with Gasteiger partial charge in [-0.3, -0.25) is 0 Å². The molecule has 0 aromatic heterocycles. The molecule has 2 unspecified atom stereocenters. The van der Waals surface area contributed by atoms with E-state index in [1.807, 2.05) is 0 Å². The van der Waals surface area contributed by atoms with Crippen molar-refractivity contribution in [2.45, 2.75) is 31.8 Å². The molecule has 1 aliphatic rings. The predicted octanol–water partition coefficient (Wildman–Crippen LogP) is 0.103. The fraction of sp³-hybridized carbons (Fsp3) is 1.00. The molecule has 1 N–H and O–H groups in total. The second kappa shape index (κ2) is 5.27. The highest BCUT2D eigenvalue weighted by molar-refractivity contribution is 7.90. The first-order valence-corrected chi connectivity index (χ1v) is 7.56. The van der Waals surface area contributed by atoms with Crippen LogP contribution in [0.15, 0.2) is 0 Å². The average molecular weight is 234 g/mol. The maximum absolute atomic E-state index is 10.9. The number of hydrogen-bond acceptors (Lipinski definition) is 4. The van der Waals surface area contributed by atoms with E-state index in [0.717, 1.165) is 19.4 Å². The largest absolute Gasteiger partial charge is 0.313 e. The smallest absolute Gasteiger partial charge is 0.148 e. The van der Waals surface area contributed by atoms with Gasteiger partial charge < -0.3 is 10.2 Å². The average Bonchev–Trinajstić information content (AvgIpc) is 2.09. The van der Waals surface area contributed by atoms with Crippen molar-refractivity contribution in [3.8, 4) is 0 Å². The monoisotopic (exact) mass is 234 g/mol. The zero-order valence-electron chi connectivity index (χ0n) is 9.86.